The molecule has 0 atom stereocenters. The van der Waals surface area contributed by atoms with Gasteiger partial charge in [0.25, 0.3) is 0 Å². The topological polar surface area (TPSA) is 101 Å². The van der Waals surface area contributed by atoms with E-state index < -0.39 is 10.0 Å². The largest absolute Gasteiger partial charge is 0.457 e. The second kappa shape index (κ2) is 10.1. The summed E-state index contributed by atoms with van der Waals surface area (Å²) in [5.41, 5.74) is 0.827. The first-order valence-electron chi connectivity index (χ1n) is 11.2. The summed E-state index contributed by atoms with van der Waals surface area (Å²) in [6, 6.07) is 23.3. The Labute approximate surface area is 204 Å². The zero-order chi connectivity index (χ0) is 24.1. The maximum atomic E-state index is 13.1. The van der Waals surface area contributed by atoms with Crippen molar-refractivity contribution in [2.45, 2.75) is 4.90 Å². The van der Waals surface area contributed by atoms with E-state index in [2.05, 4.69) is 20.5 Å². The van der Waals surface area contributed by atoms with E-state index in [0.717, 1.165) is 5.69 Å². The highest BCUT2D eigenvalue weighted by Crippen LogP contribution is 2.25. The molecule has 0 aliphatic carbocycles. The molecular formula is C25H24N6O3S. The lowest BCUT2D eigenvalue weighted by Crippen LogP contribution is -2.48. The highest BCUT2D eigenvalue weighted by molar-refractivity contribution is 7.89. The molecule has 178 valence electrons. The molecule has 1 aliphatic rings. The molecule has 0 unspecified atom stereocenters. The van der Waals surface area contributed by atoms with Gasteiger partial charge in [0.1, 0.15) is 11.5 Å². The first kappa shape index (κ1) is 22.8. The summed E-state index contributed by atoms with van der Waals surface area (Å²) in [5, 5.41) is 11.7. The number of para-hydroxylation sites is 1. The highest BCUT2D eigenvalue weighted by Gasteiger charge is 2.29. The number of ether oxygens (including phenoxy) is 1. The number of rotatable bonds is 7. The lowest BCUT2D eigenvalue weighted by Gasteiger charge is -2.34. The van der Waals surface area contributed by atoms with Crippen molar-refractivity contribution in [3.63, 3.8) is 0 Å². The maximum Gasteiger partial charge on any atom is 0.243 e. The van der Waals surface area contributed by atoms with Crippen LogP contribution in [0.25, 0.3) is 0 Å². The van der Waals surface area contributed by atoms with Gasteiger partial charge in [-0.3, -0.25) is 4.98 Å². The van der Waals surface area contributed by atoms with Gasteiger partial charge in [-0.2, -0.15) is 4.31 Å². The first-order chi connectivity index (χ1) is 17.1. The van der Waals surface area contributed by atoms with Gasteiger partial charge >= 0.3 is 0 Å². The Hall–Kier alpha value is -4.02. The quantitative estimate of drug-likeness (QED) is 0.418. The zero-order valence-corrected chi connectivity index (χ0v) is 19.7. The molecule has 2 aromatic carbocycles. The van der Waals surface area contributed by atoms with Crippen LogP contribution in [0.2, 0.25) is 0 Å². The Morgan fingerprint density at radius 3 is 2.17 bits per heavy atom. The number of nitrogens with one attached hydrogen (secondary N) is 1. The molecule has 4 aromatic rings. The smallest absolute Gasteiger partial charge is 0.243 e. The summed E-state index contributed by atoms with van der Waals surface area (Å²) in [4.78, 5) is 6.34. The van der Waals surface area contributed by atoms with Gasteiger partial charge in [-0.25, -0.2) is 8.42 Å². The van der Waals surface area contributed by atoms with E-state index in [1.165, 1.54) is 4.31 Å². The maximum absolute atomic E-state index is 13.1. The normalized spacial score (nSPS) is 14.5. The van der Waals surface area contributed by atoms with E-state index in [4.69, 9.17) is 4.74 Å². The first-order valence-corrected chi connectivity index (χ1v) is 12.6. The summed E-state index contributed by atoms with van der Waals surface area (Å²) in [5.74, 6) is 2.60. The van der Waals surface area contributed by atoms with Crippen molar-refractivity contribution < 1.29 is 13.2 Å². The summed E-state index contributed by atoms with van der Waals surface area (Å²) in [6.45, 7) is 1.78. The van der Waals surface area contributed by atoms with Crippen LogP contribution in [0.5, 0.6) is 11.5 Å². The number of hydrogen-bond acceptors (Lipinski definition) is 8. The third-order valence-corrected chi connectivity index (χ3v) is 7.50. The van der Waals surface area contributed by atoms with Crippen molar-refractivity contribution in [1.82, 2.24) is 19.5 Å². The minimum atomic E-state index is -3.60. The molecule has 0 radical (unpaired) electrons. The van der Waals surface area contributed by atoms with Crippen LogP contribution in [0, 0.1) is 0 Å². The lowest BCUT2D eigenvalue weighted by molar-refractivity contribution is 0.383. The highest BCUT2D eigenvalue weighted by atomic mass is 32.2. The Kier molecular flexibility index (Phi) is 6.55. The van der Waals surface area contributed by atoms with E-state index in [9.17, 15) is 8.42 Å². The molecule has 0 saturated carbocycles. The van der Waals surface area contributed by atoms with Gasteiger partial charge < -0.3 is 15.0 Å². The molecule has 0 amide bonds. The number of aromatic nitrogens is 3. The average Bonchev–Trinajstić information content (AvgIpc) is 2.91. The molecule has 35 heavy (non-hydrogen) atoms. The van der Waals surface area contributed by atoms with Crippen LogP contribution in [-0.4, -0.2) is 54.1 Å². The number of pyridine rings is 1. The molecule has 9 nitrogen and oxygen atoms in total. The van der Waals surface area contributed by atoms with E-state index in [-0.39, 0.29) is 4.90 Å². The second-order valence-electron chi connectivity index (χ2n) is 7.92. The van der Waals surface area contributed by atoms with Crippen LogP contribution in [0.3, 0.4) is 0 Å². The fraction of sp³-hybridized carbons (Fsp3) is 0.160. The Morgan fingerprint density at radius 2 is 1.51 bits per heavy atom. The monoisotopic (exact) mass is 488 g/mol. The summed E-state index contributed by atoms with van der Waals surface area (Å²) in [7, 11) is -3.60. The summed E-state index contributed by atoms with van der Waals surface area (Å²) >= 11 is 0. The summed E-state index contributed by atoms with van der Waals surface area (Å²) in [6.07, 6.45) is 3.41. The molecule has 1 N–H and O–H groups in total. The van der Waals surface area contributed by atoms with Crippen molar-refractivity contribution in [2.75, 3.05) is 36.4 Å². The third-order valence-electron chi connectivity index (χ3n) is 5.59. The summed E-state index contributed by atoms with van der Waals surface area (Å²) < 4.78 is 33.5. The van der Waals surface area contributed by atoms with Crippen LogP contribution in [0.1, 0.15) is 0 Å². The van der Waals surface area contributed by atoms with Gasteiger partial charge in [0.2, 0.25) is 10.0 Å². The predicted molar refractivity (Wildman–Crippen MR) is 133 cm³/mol. The van der Waals surface area contributed by atoms with Gasteiger partial charge in [0.15, 0.2) is 11.6 Å². The molecule has 3 heterocycles. The van der Waals surface area contributed by atoms with Gasteiger partial charge in [0.05, 0.1) is 16.8 Å². The SMILES string of the molecule is O=S(=O)(c1ccc(Oc2ccccc2)cc1)N1CCN(c2ccc(Nc3cccnc3)nn2)CC1. The van der Waals surface area contributed by atoms with Crippen LogP contribution in [0.15, 0.2) is 96.2 Å². The molecule has 0 bridgehead atoms. The van der Waals surface area contributed by atoms with E-state index in [0.29, 0.717) is 49.3 Å². The Bertz CT molecular complexity index is 1340. The van der Waals surface area contributed by atoms with Gasteiger partial charge in [0, 0.05) is 32.4 Å². The number of anilines is 3. The number of benzene rings is 2. The molecule has 1 fully saturated rings. The Morgan fingerprint density at radius 1 is 0.771 bits per heavy atom. The van der Waals surface area contributed by atoms with Crippen LogP contribution >= 0.6 is 0 Å². The zero-order valence-electron chi connectivity index (χ0n) is 18.9. The van der Waals surface area contributed by atoms with Gasteiger partial charge in [-0.1, -0.05) is 18.2 Å². The predicted octanol–water partition coefficient (Wildman–Crippen LogP) is 3.92. The van der Waals surface area contributed by atoms with Gasteiger partial charge in [-0.15, -0.1) is 10.2 Å². The molecule has 0 spiro atoms. The minimum Gasteiger partial charge on any atom is -0.457 e. The lowest BCUT2D eigenvalue weighted by atomic mass is 10.3. The number of nitrogens with zero attached hydrogens (tertiary/aromatic N) is 5. The molecule has 5 rings (SSSR count). The van der Waals surface area contributed by atoms with Crippen molar-refractivity contribution >= 4 is 27.3 Å². The molecule has 10 heteroatoms. The fourth-order valence-corrected chi connectivity index (χ4v) is 5.18. The molecule has 2 aromatic heterocycles. The second-order valence-corrected chi connectivity index (χ2v) is 9.86. The number of hydrogen-bond donors (Lipinski definition) is 1. The number of piperazine rings is 1. The van der Waals surface area contributed by atoms with Crippen LogP contribution < -0.4 is 15.0 Å². The van der Waals surface area contributed by atoms with E-state index in [1.54, 1.807) is 36.7 Å². The van der Waals surface area contributed by atoms with Crippen molar-refractivity contribution in [1.29, 1.82) is 0 Å². The Balaban J connectivity index is 1.18. The molecule has 1 saturated heterocycles. The molecular weight excluding hydrogens is 464 g/mol. The van der Waals surface area contributed by atoms with Gasteiger partial charge in [-0.05, 0) is 60.7 Å². The van der Waals surface area contributed by atoms with Crippen molar-refractivity contribution in [3.8, 4) is 11.5 Å². The number of sulfonamides is 1. The minimum absolute atomic E-state index is 0.247. The van der Waals surface area contributed by atoms with E-state index in [1.807, 2.05) is 59.5 Å². The van der Waals surface area contributed by atoms with Crippen LogP contribution in [-0.2, 0) is 10.0 Å². The standard InChI is InChI=1S/C25H24N6O3S/c32-35(33,23-10-8-22(9-11-23)34-21-6-2-1-3-7-21)31-17-15-30(16-18-31)25-13-12-24(28-29-25)27-20-5-4-14-26-19-20/h1-14,19H,15-18H2,(H,27,28). The van der Waals surface area contributed by atoms with Crippen LogP contribution in [0.4, 0.5) is 17.3 Å². The van der Waals surface area contributed by atoms with E-state index >= 15 is 0 Å². The fourth-order valence-electron chi connectivity index (χ4n) is 3.76. The third kappa shape index (κ3) is 5.39. The van der Waals surface area contributed by atoms with Crippen molar-refractivity contribution in [2.24, 2.45) is 0 Å². The molecule has 1 aliphatic heterocycles. The van der Waals surface area contributed by atoms with Crippen molar-refractivity contribution in [3.05, 3.63) is 91.3 Å². The average molecular weight is 489 g/mol.